The highest BCUT2D eigenvalue weighted by Gasteiger charge is 2.19. The summed E-state index contributed by atoms with van der Waals surface area (Å²) in [7, 11) is 0. The third-order valence-electron chi connectivity index (χ3n) is 2.82. The molecule has 102 valence electrons. The summed E-state index contributed by atoms with van der Waals surface area (Å²) >= 11 is 0. The predicted molar refractivity (Wildman–Crippen MR) is 77.6 cm³/mol. The van der Waals surface area contributed by atoms with E-state index in [2.05, 4.69) is 9.88 Å². The van der Waals surface area contributed by atoms with E-state index < -0.39 is 0 Å². The van der Waals surface area contributed by atoms with Crippen LogP contribution in [0, 0.1) is 0 Å². The molecule has 1 aromatic rings. The summed E-state index contributed by atoms with van der Waals surface area (Å²) in [5.74, 6) is 1.07. The lowest BCUT2D eigenvalue weighted by Crippen LogP contribution is -2.48. The largest absolute Gasteiger partial charge is 0.397 e. The Bertz CT molecular complexity index is 377. The van der Waals surface area contributed by atoms with Gasteiger partial charge in [0.15, 0.2) is 0 Å². The highest BCUT2D eigenvalue weighted by atomic mass is 35.5. The van der Waals surface area contributed by atoms with Crippen LogP contribution in [0.25, 0.3) is 0 Å². The zero-order valence-corrected chi connectivity index (χ0v) is 11.8. The van der Waals surface area contributed by atoms with Crippen molar-refractivity contribution in [3.05, 3.63) is 18.3 Å². The van der Waals surface area contributed by atoms with Gasteiger partial charge >= 0.3 is 0 Å². The van der Waals surface area contributed by atoms with Crippen LogP contribution < -0.4 is 10.6 Å². The lowest BCUT2D eigenvalue weighted by molar-refractivity contribution is -0.129. The normalized spacial score (nSPS) is 14.5. The van der Waals surface area contributed by atoms with E-state index in [9.17, 15) is 4.79 Å². The molecule has 0 radical (unpaired) electrons. The number of nitrogen functional groups attached to an aromatic ring is 1. The molecule has 2 N–H and O–H groups in total. The average Bonchev–Trinajstić information content (AvgIpc) is 2.30. The van der Waals surface area contributed by atoms with Gasteiger partial charge in [0.1, 0.15) is 5.82 Å². The molecule has 2 heterocycles. The minimum atomic E-state index is 0. The lowest BCUT2D eigenvalue weighted by atomic mass is 10.3. The Morgan fingerprint density at radius 2 is 1.83 bits per heavy atom. The van der Waals surface area contributed by atoms with Crippen molar-refractivity contribution in [2.45, 2.75) is 6.92 Å². The summed E-state index contributed by atoms with van der Waals surface area (Å²) < 4.78 is 0. The highest BCUT2D eigenvalue weighted by molar-refractivity contribution is 5.85. The number of carbonyl (C=O) groups is 1. The van der Waals surface area contributed by atoms with Gasteiger partial charge in [-0.1, -0.05) is 0 Å². The van der Waals surface area contributed by atoms with Crippen molar-refractivity contribution >= 4 is 42.2 Å². The second-order valence-corrected chi connectivity index (χ2v) is 3.94. The molecule has 18 heavy (non-hydrogen) atoms. The summed E-state index contributed by atoms with van der Waals surface area (Å²) in [4.78, 5) is 19.5. The van der Waals surface area contributed by atoms with Crippen molar-refractivity contribution in [3.63, 3.8) is 0 Å². The first-order chi connectivity index (χ1) is 7.66. The second-order valence-electron chi connectivity index (χ2n) is 3.94. The van der Waals surface area contributed by atoms with Crippen molar-refractivity contribution in [2.75, 3.05) is 36.8 Å². The molecule has 0 atom stereocenters. The molecule has 0 unspecified atom stereocenters. The molecule has 1 aliphatic heterocycles. The number of pyridine rings is 1. The van der Waals surface area contributed by atoms with Gasteiger partial charge < -0.3 is 15.5 Å². The number of rotatable bonds is 1. The van der Waals surface area contributed by atoms with Crippen LogP contribution in [0.4, 0.5) is 11.5 Å². The summed E-state index contributed by atoms with van der Waals surface area (Å²) in [6.45, 7) is 4.80. The smallest absolute Gasteiger partial charge is 0.219 e. The molecule has 1 fully saturated rings. The molecule has 5 nitrogen and oxygen atoms in total. The fourth-order valence-corrected chi connectivity index (χ4v) is 1.83. The van der Waals surface area contributed by atoms with E-state index >= 15 is 0 Å². The molecule has 1 aliphatic rings. The molecule has 1 amide bonds. The Labute approximate surface area is 119 Å². The SMILES string of the molecule is CC(=O)N1CCN(c2ccc(N)cn2)CC1.Cl.Cl. The van der Waals surface area contributed by atoms with Crippen molar-refractivity contribution < 1.29 is 4.79 Å². The van der Waals surface area contributed by atoms with E-state index in [4.69, 9.17) is 5.73 Å². The van der Waals surface area contributed by atoms with Crippen LogP contribution in [0.15, 0.2) is 18.3 Å². The Morgan fingerprint density at radius 1 is 1.22 bits per heavy atom. The molecule has 7 heteroatoms. The molecule has 1 saturated heterocycles. The third-order valence-corrected chi connectivity index (χ3v) is 2.82. The molecule has 0 aromatic carbocycles. The molecule has 2 rings (SSSR count). The Hall–Kier alpha value is -1.20. The topological polar surface area (TPSA) is 62.5 Å². The Kier molecular flexibility index (Phi) is 6.80. The first-order valence-corrected chi connectivity index (χ1v) is 5.39. The van der Waals surface area contributed by atoms with Gasteiger partial charge in [0.25, 0.3) is 0 Å². The highest BCUT2D eigenvalue weighted by Crippen LogP contribution is 2.14. The standard InChI is InChI=1S/C11H16N4O.2ClH/c1-9(16)14-4-6-15(7-5-14)11-3-2-10(12)8-13-11;;/h2-3,8H,4-7,12H2,1H3;2*1H. The second kappa shape index (κ2) is 7.28. The Morgan fingerprint density at radius 3 is 2.28 bits per heavy atom. The van der Waals surface area contributed by atoms with Crippen molar-refractivity contribution in [2.24, 2.45) is 0 Å². The summed E-state index contributed by atoms with van der Waals surface area (Å²) in [5, 5.41) is 0. The number of nitrogens with zero attached hydrogens (tertiary/aromatic N) is 3. The van der Waals surface area contributed by atoms with Crippen LogP contribution in [0.3, 0.4) is 0 Å². The van der Waals surface area contributed by atoms with Gasteiger partial charge in [0, 0.05) is 33.1 Å². The number of carbonyl (C=O) groups excluding carboxylic acids is 1. The number of nitrogens with two attached hydrogens (primary N) is 1. The quantitative estimate of drug-likeness (QED) is 0.844. The number of anilines is 2. The fraction of sp³-hybridized carbons (Fsp3) is 0.455. The van der Waals surface area contributed by atoms with Crippen LogP contribution in [-0.2, 0) is 4.79 Å². The third kappa shape index (κ3) is 3.92. The maximum Gasteiger partial charge on any atom is 0.219 e. The van der Waals surface area contributed by atoms with Gasteiger partial charge in [-0.05, 0) is 12.1 Å². The summed E-state index contributed by atoms with van der Waals surface area (Å²) in [6.07, 6.45) is 1.66. The van der Waals surface area contributed by atoms with E-state index in [1.807, 2.05) is 17.0 Å². The Balaban J connectivity index is 0.00000144. The number of aromatic nitrogens is 1. The van der Waals surface area contributed by atoms with Crippen LogP contribution in [-0.4, -0.2) is 42.0 Å². The van der Waals surface area contributed by atoms with E-state index in [1.54, 1.807) is 13.1 Å². The molecule has 0 saturated carbocycles. The van der Waals surface area contributed by atoms with Gasteiger partial charge in [0.05, 0.1) is 11.9 Å². The number of piperazine rings is 1. The van der Waals surface area contributed by atoms with Crippen LogP contribution in [0.2, 0.25) is 0 Å². The van der Waals surface area contributed by atoms with Crippen LogP contribution in [0.1, 0.15) is 6.92 Å². The van der Waals surface area contributed by atoms with Gasteiger partial charge in [-0.3, -0.25) is 4.79 Å². The maximum atomic E-state index is 11.2. The van der Waals surface area contributed by atoms with Crippen LogP contribution >= 0.6 is 24.8 Å². The average molecular weight is 293 g/mol. The zero-order chi connectivity index (χ0) is 11.5. The lowest BCUT2D eigenvalue weighted by Gasteiger charge is -2.34. The molecule has 1 aromatic heterocycles. The number of hydrogen-bond acceptors (Lipinski definition) is 4. The number of hydrogen-bond donors (Lipinski definition) is 1. The van der Waals surface area contributed by atoms with Crippen molar-refractivity contribution in [3.8, 4) is 0 Å². The maximum absolute atomic E-state index is 11.2. The number of halogens is 2. The van der Waals surface area contributed by atoms with Crippen LogP contribution in [0.5, 0.6) is 0 Å². The molecular weight excluding hydrogens is 275 g/mol. The van der Waals surface area contributed by atoms with Crippen molar-refractivity contribution in [1.82, 2.24) is 9.88 Å². The molecule has 0 aliphatic carbocycles. The molecular formula is C11H18Cl2N4O. The van der Waals surface area contributed by atoms with Gasteiger partial charge in [-0.15, -0.1) is 24.8 Å². The fourth-order valence-electron chi connectivity index (χ4n) is 1.83. The van der Waals surface area contributed by atoms with E-state index in [1.165, 1.54) is 0 Å². The van der Waals surface area contributed by atoms with Crippen molar-refractivity contribution in [1.29, 1.82) is 0 Å². The summed E-state index contributed by atoms with van der Waals surface area (Å²) in [6, 6.07) is 3.76. The zero-order valence-electron chi connectivity index (χ0n) is 10.2. The van der Waals surface area contributed by atoms with Gasteiger partial charge in [-0.2, -0.15) is 0 Å². The minimum absolute atomic E-state index is 0. The minimum Gasteiger partial charge on any atom is -0.397 e. The first kappa shape index (κ1) is 16.8. The summed E-state index contributed by atoms with van der Waals surface area (Å²) in [5.41, 5.74) is 6.26. The first-order valence-electron chi connectivity index (χ1n) is 5.39. The molecule has 0 spiro atoms. The number of amides is 1. The monoisotopic (exact) mass is 292 g/mol. The van der Waals surface area contributed by atoms with E-state index in [0.29, 0.717) is 5.69 Å². The van der Waals surface area contributed by atoms with E-state index in [0.717, 1.165) is 32.0 Å². The van der Waals surface area contributed by atoms with E-state index in [-0.39, 0.29) is 30.7 Å². The van der Waals surface area contributed by atoms with Gasteiger partial charge in [-0.25, -0.2) is 4.98 Å². The molecule has 0 bridgehead atoms. The predicted octanol–water partition coefficient (Wildman–Crippen LogP) is 1.18. The van der Waals surface area contributed by atoms with Gasteiger partial charge in [0.2, 0.25) is 5.91 Å².